The number of unbranched alkanes of at least 4 members (excludes halogenated alkanes) is 1. The summed E-state index contributed by atoms with van der Waals surface area (Å²) in [5.41, 5.74) is 0. The first-order chi connectivity index (χ1) is 10.2. The van der Waals surface area contributed by atoms with E-state index in [1.165, 1.54) is 26.2 Å². The molecule has 0 saturated carbocycles. The molecule has 0 atom stereocenters. The fourth-order valence-electron chi connectivity index (χ4n) is 0.710. The predicted molar refractivity (Wildman–Crippen MR) is 72.6 cm³/mol. The van der Waals surface area contributed by atoms with Crippen LogP contribution in [0.2, 0.25) is 0 Å². The molecule has 4 N–H and O–H groups in total. The Morgan fingerprint density at radius 1 is 0.818 bits per heavy atom. The molecule has 122 valence electrons. The fourth-order valence-corrected chi connectivity index (χ4v) is 0.710. The van der Waals surface area contributed by atoms with Gasteiger partial charge in [-0.2, -0.15) is 10.5 Å². The van der Waals surface area contributed by atoms with Gasteiger partial charge in [-0.3, -0.25) is 29.8 Å². The van der Waals surface area contributed by atoms with E-state index < -0.39 is 11.9 Å². The number of carboxylic acid groups (broad SMARTS) is 2. The first-order valence-corrected chi connectivity index (χ1v) is 5.92. The third kappa shape index (κ3) is 43.6. The maximum Gasteiger partial charge on any atom is 0.303 e. The number of nitrogens with zero attached hydrogens (tertiary/aromatic N) is 2. The Morgan fingerprint density at radius 2 is 1.09 bits per heavy atom. The van der Waals surface area contributed by atoms with Crippen molar-refractivity contribution in [1.82, 2.24) is 10.6 Å². The zero-order chi connectivity index (χ0) is 18.0. The molecular weight excluding hydrogens is 296 g/mol. The SMILES string of the molecule is CC(=O)NC#N.CC(=O)NC#N.O=C(O)CCCCC(=O)O. The molecule has 0 spiro atoms. The second-order valence-electron chi connectivity index (χ2n) is 3.58. The minimum Gasteiger partial charge on any atom is -0.481 e. The molecule has 0 aromatic carbocycles. The molecule has 0 aromatic heterocycles. The summed E-state index contributed by atoms with van der Waals surface area (Å²) in [6, 6.07) is 0. The summed E-state index contributed by atoms with van der Waals surface area (Å²) in [4.78, 5) is 39.2. The Bertz CT molecular complexity index is 408. The predicted octanol–water partition coefficient (Wildman–Crippen LogP) is -0.0768. The van der Waals surface area contributed by atoms with Crippen molar-refractivity contribution in [2.24, 2.45) is 0 Å². The number of hydrogen-bond acceptors (Lipinski definition) is 6. The lowest BCUT2D eigenvalue weighted by atomic mass is 10.2. The molecular formula is C12H18N4O6. The van der Waals surface area contributed by atoms with Gasteiger partial charge in [0.15, 0.2) is 12.4 Å². The summed E-state index contributed by atoms with van der Waals surface area (Å²) in [5.74, 6) is -2.38. The number of carbonyl (C=O) groups is 4. The van der Waals surface area contributed by atoms with Crippen molar-refractivity contribution in [1.29, 1.82) is 10.5 Å². The first-order valence-electron chi connectivity index (χ1n) is 5.92. The molecule has 2 amide bonds. The molecule has 0 aliphatic heterocycles. The molecule has 0 aliphatic carbocycles. The minimum absolute atomic E-state index is 0.0628. The molecule has 0 aromatic rings. The Kier molecular flexibility index (Phi) is 19.4. The van der Waals surface area contributed by atoms with Crippen molar-refractivity contribution < 1.29 is 29.4 Å². The molecule has 0 heterocycles. The molecule has 0 unspecified atom stereocenters. The number of aliphatic carboxylic acids is 2. The molecule has 10 heteroatoms. The quantitative estimate of drug-likeness (QED) is 0.309. The summed E-state index contributed by atoms with van der Waals surface area (Å²) < 4.78 is 0. The number of rotatable bonds is 5. The van der Waals surface area contributed by atoms with Gasteiger partial charge < -0.3 is 10.2 Å². The number of carbonyl (C=O) groups excluding carboxylic acids is 2. The van der Waals surface area contributed by atoms with Crippen LogP contribution >= 0.6 is 0 Å². The summed E-state index contributed by atoms with van der Waals surface area (Å²) >= 11 is 0. The van der Waals surface area contributed by atoms with Crippen molar-refractivity contribution in [2.45, 2.75) is 39.5 Å². The molecule has 22 heavy (non-hydrogen) atoms. The van der Waals surface area contributed by atoms with Crippen LogP contribution < -0.4 is 10.6 Å². The topological polar surface area (TPSA) is 180 Å². The van der Waals surface area contributed by atoms with Gasteiger partial charge in [-0.25, -0.2) is 0 Å². The summed E-state index contributed by atoms with van der Waals surface area (Å²) in [5, 5.41) is 35.3. The highest BCUT2D eigenvalue weighted by Gasteiger charge is 1.99. The maximum atomic E-state index is 9.90. The molecule has 0 rings (SSSR count). The van der Waals surface area contributed by atoms with E-state index in [0.717, 1.165) is 0 Å². The highest BCUT2D eigenvalue weighted by Crippen LogP contribution is 1.98. The zero-order valence-corrected chi connectivity index (χ0v) is 12.3. The van der Waals surface area contributed by atoms with Crippen molar-refractivity contribution in [2.75, 3.05) is 0 Å². The average molecular weight is 314 g/mol. The third-order valence-corrected chi connectivity index (χ3v) is 1.50. The second kappa shape index (κ2) is 17.9. The van der Waals surface area contributed by atoms with Gasteiger partial charge in [-0.1, -0.05) is 0 Å². The van der Waals surface area contributed by atoms with E-state index in [2.05, 4.69) is 0 Å². The summed E-state index contributed by atoms with van der Waals surface area (Å²) in [6.07, 6.45) is 3.95. The number of nitriles is 2. The van der Waals surface area contributed by atoms with Crippen LogP contribution in [0.5, 0.6) is 0 Å². The molecule has 0 saturated heterocycles. The molecule has 0 fully saturated rings. The van der Waals surface area contributed by atoms with Crippen molar-refractivity contribution in [3.63, 3.8) is 0 Å². The van der Waals surface area contributed by atoms with Crippen LogP contribution in [-0.4, -0.2) is 34.0 Å². The van der Waals surface area contributed by atoms with Gasteiger partial charge in [0.2, 0.25) is 11.8 Å². The van der Waals surface area contributed by atoms with E-state index in [9.17, 15) is 19.2 Å². The number of nitrogens with one attached hydrogen (secondary N) is 2. The molecule has 0 radical (unpaired) electrons. The Labute approximate surface area is 127 Å². The third-order valence-electron chi connectivity index (χ3n) is 1.50. The lowest BCUT2D eigenvalue weighted by Gasteiger charge is -1.92. The van der Waals surface area contributed by atoms with Crippen LogP contribution in [0.15, 0.2) is 0 Å². The van der Waals surface area contributed by atoms with E-state index in [1.807, 2.05) is 10.6 Å². The van der Waals surface area contributed by atoms with Gasteiger partial charge in [0, 0.05) is 26.7 Å². The van der Waals surface area contributed by atoms with E-state index >= 15 is 0 Å². The van der Waals surface area contributed by atoms with Crippen molar-refractivity contribution in [3.05, 3.63) is 0 Å². The highest BCUT2D eigenvalue weighted by atomic mass is 16.4. The Morgan fingerprint density at radius 3 is 1.18 bits per heavy atom. The van der Waals surface area contributed by atoms with Crippen molar-refractivity contribution in [3.8, 4) is 12.4 Å². The van der Waals surface area contributed by atoms with Gasteiger partial charge in [-0.05, 0) is 12.8 Å². The summed E-state index contributed by atoms with van der Waals surface area (Å²) in [7, 11) is 0. The van der Waals surface area contributed by atoms with Gasteiger partial charge in [0.05, 0.1) is 0 Å². The minimum atomic E-state index is -0.870. The van der Waals surface area contributed by atoms with Gasteiger partial charge in [0.1, 0.15) is 0 Å². The van der Waals surface area contributed by atoms with Crippen LogP contribution in [0.25, 0.3) is 0 Å². The second-order valence-corrected chi connectivity index (χ2v) is 3.58. The number of carboxylic acids is 2. The lowest BCUT2D eigenvalue weighted by Crippen LogP contribution is -2.11. The van der Waals surface area contributed by atoms with Crippen molar-refractivity contribution >= 4 is 23.8 Å². The standard InChI is InChI=1S/C6H10O4.2C3H4N2O/c7-5(8)3-1-2-4-6(9)10;2*1-3(6)5-2-4/h1-4H2,(H,7,8)(H,9,10);2*1H3,(H,5,6). The van der Waals surface area contributed by atoms with E-state index in [-0.39, 0.29) is 24.7 Å². The smallest absolute Gasteiger partial charge is 0.303 e. The maximum absolute atomic E-state index is 9.90. The van der Waals surface area contributed by atoms with E-state index in [1.54, 1.807) is 0 Å². The zero-order valence-electron chi connectivity index (χ0n) is 12.3. The molecule has 10 nitrogen and oxygen atoms in total. The number of hydrogen-bond donors (Lipinski definition) is 4. The van der Waals surface area contributed by atoms with Crippen LogP contribution in [0.4, 0.5) is 0 Å². The van der Waals surface area contributed by atoms with E-state index in [0.29, 0.717) is 12.8 Å². The molecule has 0 aliphatic rings. The molecule has 0 bridgehead atoms. The summed E-state index contributed by atoms with van der Waals surface area (Å²) in [6.45, 7) is 2.56. The Balaban J connectivity index is -0.000000261. The van der Waals surface area contributed by atoms with E-state index in [4.69, 9.17) is 20.7 Å². The highest BCUT2D eigenvalue weighted by molar-refractivity contribution is 5.74. The average Bonchev–Trinajstić information content (AvgIpc) is 2.35. The first kappa shape index (κ1) is 23.9. The van der Waals surface area contributed by atoms with Crippen LogP contribution in [0.1, 0.15) is 39.5 Å². The largest absolute Gasteiger partial charge is 0.481 e. The number of amides is 2. The van der Waals surface area contributed by atoms with Crippen LogP contribution in [0, 0.1) is 22.9 Å². The van der Waals surface area contributed by atoms with Gasteiger partial charge >= 0.3 is 11.9 Å². The van der Waals surface area contributed by atoms with Crippen LogP contribution in [-0.2, 0) is 19.2 Å². The van der Waals surface area contributed by atoms with Gasteiger partial charge in [-0.15, -0.1) is 0 Å². The fraction of sp³-hybridized carbons (Fsp3) is 0.500. The normalized spacial score (nSPS) is 7.45. The lowest BCUT2D eigenvalue weighted by molar-refractivity contribution is -0.139. The van der Waals surface area contributed by atoms with Crippen LogP contribution in [0.3, 0.4) is 0 Å². The Hall–Kier alpha value is -3.14. The monoisotopic (exact) mass is 314 g/mol. The van der Waals surface area contributed by atoms with Gasteiger partial charge in [0.25, 0.3) is 0 Å².